The summed E-state index contributed by atoms with van der Waals surface area (Å²) < 4.78 is 0. The van der Waals surface area contributed by atoms with Crippen molar-refractivity contribution < 1.29 is 14.7 Å². The van der Waals surface area contributed by atoms with Crippen LogP contribution in [0.3, 0.4) is 0 Å². The molecule has 1 aliphatic heterocycles. The minimum atomic E-state index is -1.19. The number of carbonyl (C=O) groups excluding carboxylic acids is 1. The molecule has 0 aliphatic carbocycles. The Morgan fingerprint density at radius 3 is 2.70 bits per heavy atom. The number of likely N-dealkylation sites (tertiary alicyclic amines) is 1. The molecule has 0 bridgehead atoms. The number of nitrogens with zero attached hydrogens (tertiary/aromatic N) is 1. The molecule has 0 radical (unpaired) electrons. The Labute approximate surface area is 116 Å². The van der Waals surface area contributed by atoms with Gasteiger partial charge in [-0.05, 0) is 38.3 Å². The van der Waals surface area contributed by atoms with E-state index in [9.17, 15) is 19.5 Å². The van der Waals surface area contributed by atoms with Crippen LogP contribution in [0.25, 0.3) is 0 Å². The number of aliphatic carboxylic acids is 1. The molecule has 1 aromatic rings. The fourth-order valence-corrected chi connectivity index (χ4v) is 2.80. The number of amides is 1. The van der Waals surface area contributed by atoms with Crippen molar-refractivity contribution in [3.8, 4) is 0 Å². The zero-order valence-corrected chi connectivity index (χ0v) is 11.6. The highest BCUT2D eigenvalue weighted by atomic mass is 16.4. The van der Waals surface area contributed by atoms with Crippen molar-refractivity contribution in [2.75, 3.05) is 6.54 Å². The molecular formula is C14H18N2O4. The fraction of sp³-hybridized carbons (Fsp3) is 0.500. The first-order valence-corrected chi connectivity index (χ1v) is 6.67. The standard InChI is InChI=1S/C14H18N2O4/c1-3-14(13(19)20)7-4-8-16(14)12(18)10-6-5-9(2)15-11(10)17/h5-6H,3-4,7-8H2,1-2H3,(H,15,17)(H,19,20). The lowest BCUT2D eigenvalue weighted by molar-refractivity contribution is -0.148. The normalized spacial score (nSPS) is 22.0. The third-order valence-corrected chi connectivity index (χ3v) is 4.00. The second-order valence-corrected chi connectivity index (χ2v) is 5.13. The van der Waals surface area contributed by atoms with Gasteiger partial charge in [0.1, 0.15) is 11.1 Å². The number of carboxylic acid groups (broad SMARTS) is 1. The van der Waals surface area contributed by atoms with E-state index < -0.39 is 23.0 Å². The van der Waals surface area contributed by atoms with E-state index >= 15 is 0 Å². The van der Waals surface area contributed by atoms with Crippen molar-refractivity contribution in [1.82, 2.24) is 9.88 Å². The average molecular weight is 278 g/mol. The summed E-state index contributed by atoms with van der Waals surface area (Å²) in [6.45, 7) is 3.84. The molecule has 0 spiro atoms. The third-order valence-electron chi connectivity index (χ3n) is 4.00. The van der Waals surface area contributed by atoms with E-state index in [4.69, 9.17) is 0 Å². The van der Waals surface area contributed by atoms with Gasteiger partial charge >= 0.3 is 5.97 Å². The van der Waals surface area contributed by atoms with Gasteiger partial charge in [0.15, 0.2) is 0 Å². The summed E-state index contributed by atoms with van der Waals surface area (Å²) >= 11 is 0. The molecular weight excluding hydrogens is 260 g/mol. The minimum absolute atomic E-state index is 0.00317. The van der Waals surface area contributed by atoms with Crippen molar-refractivity contribution in [1.29, 1.82) is 0 Å². The van der Waals surface area contributed by atoms with Crippen LogP contribution in [-0.4, -0.2) is 39.0 Å². The summed E-state index contributed by atoms with van der Waals surface area (Å²) in [5.74, 6) is -1.51. The number of nitrogens with one attached hydrogen (secondary N) is 1. The Kier molecular flexibility index (Phi) is 3.65. The first-order chi connectivity index (χ1) is 9.42. The molecule has 108 valence electrons. The lowest BCUT2D eigenvalue weighted by Crippen LogP contribution is -2.53. The second-order valence-electron chi connectivity index (χ2n) is 5.13. The summed E-state index contributed by atoms with van der Waals surface area (Å²) in [7, 11) is 0. The zero-order valence-electron chi connectivity index (χ0n) is 11.6. The summed E-state index contributed by atoms with van der Waals surface area (Å²) in [6, 6.07) is 3.09. The summed E-state index contributed by atoms with van der Waals surface area (Å²) in [4.78, 5) is 39.8. The molecule has 1 atom stereocenters. The Bertz CT molecular complexity index is 607. The van der Waals surface area contributed by atoms with Crippen LogP contribution in [0, 0.1) is 6.92 Å². The van der Waals surface area contributed by atoms with Crippen LogP contribution in [0.15, 0.2) is 16.9 Å². The number of carbonyl (C=O) groups is 2. The summed E-state index contributed by atoms with van der Waals surface area (Å²) in [5, 5.41) is 9.46. The molecule has 1 amide bonds. The molecule has 0 saturated carbocycles. The molecule has 2 rings (SSSR count). The van der Waals surface area contributed by atoms with Gasteiger partial charge in [0.25, 0.3) is 11.5 Å². The number of pyridine rings is 1. The van der Waals surface area contributed by atoms with Gasteiger partial charge in [0, 0.05) is 12.2 Å². The van der Waals surface area contributed by atoms with E-state index in [1.54, 1.807) is 19.9 Å². The van der Waals surface area contributed by atoms with E-state index in [1.165, 1.54) is 11.0 Å². The predicted molar refractivity (Wildman–Crippen MR) is 72.7 cm³/mol. The minimum Gasteiger partial charge on any atom is -0.479 e. The molecule has 0 aromatic carbocycles. The Morgan fingerprint density at radius 1 is 1.45 bits per heavy atom. The van der Waals surface area contributed by atoms with Crippen molar-refractivity contribution >= 4 is 11.9 Å². The van der Waals surface area contributed by atoms with Gasteiger partial charge in [-0.2, -0.15) is 0 Å². The van der Waals surface area contributed by atoms with Gasteiger partial charge in [0.05, 0.1) is 0 Å². The smallest absolute Gasteiger partial charge is 0.329 e. The van der Waals surface area contributed by atoms with Crippen molar-refractivity contribution in [3.05, 3.63) is 33.7 Å². The number of aryl methyl sites for hydroxylation is 1. The summed E-state index contributed by atoms with van der Waals surface area (Å²) in [5.41, 5.74) is -1.00. The van der Waals surface area contributed by atoms with Crippen molar-refractivity contribution in [3.63, 3.8) is 0 Å². The molecule has 1 aliphatic rings. The SMILES string of the molecule is CCC1(C(=O)O)CCCN1C(=O)c1ccc(C)[nH]c1=O. The molecule has 1 fully saturated rings. The van der Waals surface area contributed by atoms with E-state index in [0.717, 1.165) is 0 Å². The number of aromatic nitrogens is 1. The van der Waals surface area contributed by atoms with Gasteiger partial charge in [-0.3, -0.25) is 9.59 Å². The maximum atomic E-state index is 12.5. The zero-order chi connectivity index (χ0) is 14.9. The van der Waals surface area contributed by atoms with E-state index in [-0.39, 0.29) is 5.56 Å². The van der Waals surface area contributed by atoms with Crippen LogP contribution >= 0.6 is 0 Å². The number of H-pyrrole nitrogens is 1. The number of carboxylic acids is 1. The predicted octanol–water partition coefficient (Wildman–Crippen LogP) is 1.15. The molecule has 6 heteroatoms. The number of hydrogen-bond donors (Lipinski definition) is 2. The van der Waals surface area contributed by atoms with Crippen molar-refractivity contribution in [2.24, 2.45) is 0 Å². The highest BCUT2D eigenvalue weighted by Crippen LogP contribution is 2.33. The number of hydrogen-bond acceptors (Lipinski definition) is 3. The average Bonchev–Trinajstić information content (AvgIpc) is 2.83. The van der Waals surface area contributed by atoms with Crippen LogP contribution in [0.1, 0.15) is 42.2 Å². The van der Waals surface area contributed by atoms with E-state index in [1.807, 2.05) is 0 Å². The van der Waals surface area contributed by atoms with Crippen molar-refractivity contribution in [2.45, 2.75) is 38.6 Å². The van der Waals surface area contributed by atoms with Gasteiger partial charge in [0.2, 0.25) is 0 Å². The van der Waals surface area contributed by atoms with Crippen LogP contribution in [0.5, 0.6) is 0 Å². The molecule has 20 heavy (non-hydrogen) atoms. The molecule has 1 saturated heterocycles. The van der Waals surface area contributed by atoms with E-state index in [2.05, 4.69) is 4.98 Å². The second kappa shape index (κ2) is 5.11. The topological polar surface area (TPSA) is 90.5 Å². The fourth-order valence-electron chi connectivity index (χ4n) is 2.80. The Hall–Kier alpha value is -2.11. The maximum Gasteiger partial charge on any atom is 0.329 e. The third kappa shape index (κ3) is 2.11. The lowest BCUT2D eigenvalue weighted by atomic mass is 9.92. The van der Waals surface area contributed by atoms with E-state index in [0.29, 0.717) is 31.5 Å². The quantitative estimate of drug-likeness (QED) is 0.867. The van der Waals surface area contributed by atoms with Crippen LogP contribution < -0.4 is 5.56 Å². The van der Waals surface area contributed by atoms with Crippen LogP contribution in [0.2, 0.25) is 0 Å². The monoisotopic (exact) mass is 278 g/mol. The Morgan fingerprint density at radius 2 is 2.15 bits per heavy atom. The molecule has 1 unspecified atom stereocenters. The first kappa shape index (κ1) is 14.3. The van der Waals surface area contributed by atoms with Gasteiger partial charge in [-0.15, -0.1) is 0 Å². The van der Waals surface area contributed by atoms with Gasteiger partial charge in [-0.25, -0.2) is 4.79 Å². The molecule has 2 N–H and O–H groups in total. The highest BCUT2D eigenvalue weighted by molar-refractivity contribution is 5.98. The highest BCUT2D eigenvalue weighted by Gasteiger charge is 2.48. The molecule has 1 aromatic heterocycles. The Balaban J connectivity index is 2.42. The van der Waals surface area contributed by atoms with Crippen LogP contribution in [0.4, 0.5) is 0 Å². The van der Waals surface area contributed by atoms with Gasteiger partial charge < -0.3 is 15.0 Å². The van der Waals surface area contributed by atoms with Gasteiger partial charge in [-0.1, -0.05) is 6.92 Å². The maximum absolute atomic E-state index is 12.5. The largest absolute Gasteiger partial charge is 0.479 e. The lowest BCUT2D eigenvalue weighted by Gasteiger charge is -2.33. The number of aromatic amines is 1. The van der Waals surface area contributed by atoms with Crippen LogP contribution in [-0.2, 0) is 4.79 Å². The summed E-state index contributed by atoms with van der Waals surface area (Å²) in [6.07, 6.45) is 1.39. The first-order valence-electron chi connectivity index (χ1n) is 6.67. The molecule has 2 heterocycles. The number of rotatable bonds is 3. The molecule has 6 nitrogen and oxygen atoms in total.